The Labute approximate surface area is 121 Å². The van der Waals surface area contributed by atoms with Crippen molar-refractivity contribution < 1.29 is 4.39 Å². The zero-order valence-electron chi connectivity index (χ0n) is 12.2. The number of nitrogens with two attached hydrogens (primary N) is 1. The third kappa shape index (κ3) is 2.56. The molecule has 2 nitrogen and oxygen atoms in total. The molecule has 1 aromatic carbocycles. The van der Waals surface area contributed by atoms with Gasteiger partial charge < -0.3 is 10.6 Å². The molecule has 1 aliphatic carbocycles. The first-order chi connectivity index (χ1) is 9.81. The van der Waals surface area contributed by atoms with E-state index in [-0.39, 0.29) is 5.82 Å². The zero-order chi connectivity index (χ0) is 13.9. The molecule has 110 valence electrons. The Kier molecular flexibility index (Phi) is 4.25. The van der Waals surface area contributed by atoms with E-state index in [1.165, 1.54) is 38.5 Å². The molecule has 1 aromatic rings. The topological polar surface area (TPSA) is 29.3 Å². The summed E-state index contributed by atoms with van der Waals surface area (Å²) in [5.41, 5.74) is 7.59. The Morgan fingerprint density at radius 1 is 1.15 bits per heavy atom. The second-order valence-corrected chi connectivity index (χ2v) is 6.22. The average molecular weight is 276 g/mol. The van der Waals surface area contributed by atoms with Crippen LogP contribution in [0.1, 0.15) is 44.1 Å². The molecule has 2 N–H and O–H groups in total. The highest BCUT2D eigenvalue weighted by atomic mass is 19.1. The fourth-order valence-corrected chi connectivity index (χ4v) is 4.13. The quantitative estimate of drug-likeness (QED) is 0.912. The molecular formula is C17H25FN2. The summed E-state index contributed by atoms with van der Waals surface area (Å²) in [7, 11) is 0. The van der Waals surface area contributed by atoms with Crippen molar-refractivity contribution in [2.75, 3.05) is 18.0 Å². The lowest BCUT2D eigenvalue weighted by Crippen LogP contribution is -2.35. The molecule has 1 saturated carbocycles. The van der Waals surface area contributed by atoms with Crippen LogP contribution in [-0.4, -0.2) is 19.1 Å². The van der Waals surface area contributed by atoms with E-state index in [0.29, 0.717) is 19.0 Å². The van der Waals surface area contributed by atoms with Crippen LogP contribution in [0.25, 0.3) is 0 Å². The van der Waals surface area contributed by atoms with E-state index in [9.17, 15) is 4.39 Å². The van der Waals surface area contributed by atoms with Crippen molar-refractivity contribution in [2.24, 2.45) is 11.7 Å². The Morgan fingerprint density at radius 2 is 1.95 bits per heavy atom. The maximum Gasteiger partial charge on any atom is 0.128 e. The summed E-state index contributed by atoms with van der Waals surface area (Å²) in [6.07, 6.45) is 8.58. The van der Waals surface area contributed by atoms with E-state index < -0.39 is 0 Å². The number of halogens is 1. The molecule has 1 atom stereocenters. The second kappa shape index (κ2) is 6.13. The van der Waals surface area contributed by atoms with E-state index in [1.807, 2.05) is 6.07 Å². The van der Waals surface area contributed by atoms with Crippen LogP contribution in [0.4, 0.5) is 10.1 Å². The molecule has 0 radical (unpaired) electrons. The number of hydrogen-bond donors (Lipinski definition) is 1. The molecule has 2 aliphatic rings. The summed E-state index contributed by atoms with van der Waals surface area (Å²) in [5.74, 6) is 0.719. The van der Waals surface area contributed by atoms with Gasteiger partial charge in [-0.3, -0.25) is 0 Å². The summed E-state index contributed by atoms with van der Waals surface area (Å²) in [6, 6.07) is 6.11. The Hall–Kier alpha value is -1.09. The first-order valence-electron chi connectivity index (χ1n) is 8.05. The number of hydrogen-bond acceptors (Lipinski definition) is 2. The van der Waals surface area contributed by atoms with Gasteiger partial charge in [0.1, 0.15) is 5.82 Å². The molecule has 3 heteroatoms. The van der Waals surface area contributed by atoms with Crippen molar-refractivity contribution in [3.05, 3.63) is 29.6 Å². The van der Waals surface area contributed by atoms with Gasteiger partial charge in [-0.2, -0.15) is 0 Å². The summed E-state index contributed by atoms with van der Waals surface area (Å²) in [6.45, 7) is 1.58. The van der Waals surface area contributed by atoms with Crippen molar-refractivity contribution in [1.82, 2.24) is 0 Å². The summed E-state index contributed by atoms with van der Waals surface area (Å²) in [4.78, 5) is 2.48. The fourth-order valence-electron chi connectivity index (χ4n) is 4.13. The second-order valence-electron chi connectivity index (χ2n) is 6.22. The predicted molar refractivity (Wildman–Crippen MR) is 81.5 cm³/mol. The van der Waals surface area contributed by atoms with Crippen LogP contribution in [0.15, 0.2) is 18.2 Å². The summed E-state index contributed by atoms with van der Waals surface area (Å²) in [5, 5.41) is 0. The molecule has 0 amide bonds. The van der Waals surface area contributed by atoms with Crippen molar-refractivity contribution >= 4 is 5.69 Å². The van der Waals surface area contributed by atoms with Gasteiger partial charge in [0.05, 0.1) is 0 Å². The molecule has 0 aromatic heterocycles. The van der Waals surface area contributed by atoms with E-state index >= 15 is 0 Å². The molecule has 1 saturated heterocycles. The van der Waals surface area contributed by atoms with Gasteiger partial charge in [0.2, 0.25) is 0 Å². The van der Waals surface area contributed by atoms with Gasteiger partial charge in [0, 0.05) is 23.8 Å². The van der Waals surface area contributed by atoms with Gasteiger partial charge in [0.25, 0.3) is 0 Å². The standard InChI is InChI=1S/C17H25FN2/c18-15-7-3-8-17(14(15)10-11-19)20-12-4-9-16(20)13-5-1-2-6-13/h3,7-8,13,16H,1-2,4-6,9-12,19H2. The molecule has 0 bridgehead atoms. The predicted octanol–water partition coefficient (Wildman–Crippen LogP) is 3.49. The average Bonchev–Trinajstić information content (AvgIpc) is 3.10. The Morgan fingerprint density at radius 3 is 2.70 bits per heavy atom. The van der Waals surface area contributed by atoms with Crippen LogP contribution in [0.2, 0.25) is 0 Å². The van der Waals surface area contributed by atoms with Crippen LogP contribution in [0.5, 0.6) is 0 Å². The highest BCUT2D eigenvalue weighted by Crippen LogP contribution is 2.39. The van der Waals surface area contributed by atoms with Gasteiger partial charge in [-0.15, -0.1) is 0 Å². The van der Waals surface area contributed by atoms with E-state index in [2.05, 4.69) is 11.0 Å². The molecule has 20 heavy (non-hydrogen) atoms. The third-order valence-corrected chi connectivity index (χ3v) is 5.04. The number of nitrogens with zero attached hydrogens (tertiary/aromatic N) is 1. The molecule has 1 unspecified atom stereocenters. The van der Waals surface area contributed by atoms with Crippen LogP contribution in [0.3, 0.4) is 0 Å². The van der Waals surface area contributed by atoms with Crippen molar-refractivity contribution in [3.8, 4) is 0 Å². The van der Waals surface area contributed by atoms with Crippen molar-refractivity contribution in [3.63, 3.8) is 0 Å². The minimum absolute atomic E-state index is 0.0926. The van der Waals surface area contributed by atoms with Crippen molar-refractivity contribution in [2.45, 2.75) is 51.0 Å². The fraction of sp³-hybridized carbons (Fsp3) is 0.647. The highest BCUT2D eigenvalue weighted by Gasteiger charge is 2.34. The number of anilines is 1. The van der Waals surface area contributed by atoms with Gasteiger partial charge in [-0.25, -0.2) is 4.39 Å². The number of rotatable bonds is 4. The van der Waals surface area contributed by atoms with Crippen LogP contribution >= 0.6 is 0 Å². The minimum atomic E-state index is -0.0926. The Bertz CT molecular complexity index is 454. The van der Waals surface area contributed by atoms with E-state index in [4.69, 9.17) is 5.73 Å². The van der Waals surface area contributed by atoms with Crippen molar-refractivity contribution in [1.29, 1.82) is 0 Å². The number of benzene rings is 1. The molecule has 3 rings (SSSR count). The van der Waals surface area contributed by atoms with Gasteiger partial charge in [0.15, 0.2) is 0 Å². The third-order valence-electron chi connectivity index (χ3n) is 5.04. The normalized spacial score (nSPS) is 23.7. The van der Waals surface area contributed by atoms with E-state index in [0.717, 1.165) is 23.7 Å². The SMILES string of the molecule is NCCc1c(F)cccc1N1CCCC1C1CCCC1. The van der Waals surface area contributed by atoms with Crippen LogP contribution in [-0.2, 0) is 6.42 Å². The monoisotopic (exact) mass is 276 g/mol. The molecule has 0 spiro atoms. The smallest absolute Gasteiger partial charge is 0.128 e. The first kappa shape index (κ1) is 13.9. The zero-order valence-corrected chi connectivity index (χ0v) is 12.2. The van der Waals surface area contributed by atoms with Gasteiger partial charge in [-0.05, 0) is 56.7 Å². The Balaban J connectivity index is 1.88. The lowest BCUT2D eigenvalue weighted by atomic mass is 9.95. The maximum absolute atomic E-state index is 14.1. The first-order valence-corrected chi connectivity index (χ1v) is 8.05. The molecule has 1 heterocycles. The molecular weight excluding hydrogens is 251 g/mol. The van der Waals surface area contributed by atoms with Gasteiger partial charge >= 0.3 is 0 Å². The maximum atomic E-state index is 14.1. The highest BCUT2D eigenvalue weighted by molar-refractivity contribution is 5.56. The summed E-state index contributed by atoms with van der Waals surface area (Å²) < 4.78 is 14.1. The van der Waals surface area contributed by atoms with Crippen LogP contribution in [0, 0.1) is 11.7 Å². The minimum Gasteiger partial charge on any atom is -0.368 e. The van der Waals surface area contributed by atoms with Gasteiger partial charge in [-0.1, -0.05) is 18.9 Å². The summed E-state index contributed by atoms with van der Waals surface area (Å²) >= 11 is 0. The lowest BCUT2D eigenvalue weighted by molar-refractivity contribution is 0.430. The van der Waals surface area contributed by atoms with Crippen LogP contribution < -0.4 is 10.6 Å². The lowest BCUT2D eigenvalue weighted by Gasteiger charge is -2.33. The molecule has 2 fully saturated rings. The molecule has 1 aliphatic heterocycles. The van der Waals surface area contributed by atoms with E-state index in [1.54, 1.807) is 6.07 Å². The largest absolute Gasteiger partial charge is 0.368 e.